The largest absolute Gasteiger partial charge is 0.494 e. The van der Waals surface area contributed by atoms with Crippen LogP contribution in [0.15, 0.2) is 42.5 Å². The number of carbonyl (C=O) groups is 1. The van der Waals surface area contributed by atoms with Gasteiger partial charge in [-0.3, -0.25) is 4.79 Å². The van der Waals surface area contributed by atoms with Gasteiger partial charge in [-0.05, 0) is 101 Å². The van der Waals surface area contributed by atoms with Gasteiger partial charge >= 0.3 is 0 Å². The van der Waals surface area contributed by atoms with E-state index in [1.54, 1.807) is 0 Å². The fourth-order valence-electron chi connectivity index (χ4n) is 5.40. The lowest BCUT2D eigenvalue weighted by molar-refractivity contribution is -0.117. The number of amides is 1. The predicted octanol–water partition coefficient (Wildman–Crippen LogP) is 6.05. The number of fused-ring (bicyclic) bond motifs is 1. The Morgan fingerprint density at radius 3 is 2.64 bits per heavy atom. The average molecular weight is 485 g/mol. The van der Waals surface area contributed by atoms with Crippen LogP contribution < -0.4 is 10.1 Å². The summed E-state index contributed by atoms with van der Waals surface area (Å²) in [7, 11) is 2.21. The van der Waals surface area contributed by atoms with Crippen LogP contribution in [0.5, 0.6) is 5.75 Å². The van der Waals surface area contributed by atoms with Crippen molar-refractivity contribution < 1.29 is 9.53 Å². The zero-order valence-electron chi connectivity index (χ0n) is 21.4. The average Bonchev–Trinajstić information content (AvgIpc) is 3.71. The smallest absolute Gasteiger partial charge is 0.227 e. The lowest BCUT2D eigenvalue weighted by atomic mass is 9.97. The quantitative estimate of drug-likeness (QED) is 0.423. The maximum Gasteiger partial charge on any atom is 0.227 e. The molecule has 6 nitrogen and oxygen atoms in total. The summed E-state index contributed by atoms with van der Waals surface area (Å²) in [5.74, 6) is 1.85. The van der Waals surface area contributed by atoms with E-state index >= 15 is 0 Å². The summed E-state index contributed by atoms with van der Waals surface area (Å²) in [5.41, 5.74) is 4.37. The Bertz CT molecular complexity index is 1270. The predicted molar refractivity (Wildman–Crippen MR) is 144 cm³/mol. The number of nitriles is 1. The standard InChI is InChI=1S/C30H36N4O2/c1-3-34-28-19-25(36-18-15-21-5-4-16-33(2)17-14-21)12-13-26(28)27(20-31)29(34)22-8-10-24(11-9-22)32-30(35)23-6-7-23/h8-13,19,21,23H,3-7,14-18H2,1-2H3,(H,32,35). The Morgan fingerprint density at radius 1 is 1.11 bits per heavy atom. The van der Waals surface area contributed by atoms with Gasteiger partial charge in [-0.15, -0.1) is 0 Å². The van der Waals surface area contributed by atoms with Crippen molar-refractivity contribution >= 4 is 22.5 Å². The molecular weight excluding hydrogens is 448 g/mol. The van der Waals surface area contributed by atoms with Crippen LogP contribution in [-0.4, -0.2) is 42.1 Å². The van der Waals surface area contributed by atoms with Crippen molar-refractivity contribution in [1.29, 1.82) is 5.26 Å². The first-order chi connectivity index (χ1) is 17.6. The van der Waals surface area contributed by atoms with E-state index in [1.807, 2.05) is 36.4 Å². The highest BCUT2D eigenvalue weighted by Crippen LogP contribution is 2.36. The van der Waals surface area contributed by atoms with Gasteiger partial charge in [-0.2, -0.15) is 5.26 Å². The Hall–Kier alpha value is -3.30. The molecule has 1 saturated carbocycles. The first kappa shape index (κ1) is 24.4. The first-order valence-corrected chi connectivity index (χ1v) is 13.4. The van der Waals surface area contributed by atoms with E-state index in [4.69, 9.17) is 4.74 Å². The maximum absolute atomic E-state index is 12.1. The first-order valence-electron chi connectivity index (χ1n) is 13.4. The maximum atomic E-state index is 12.1. The molecule has 3 aromatic rings. The molecule has 1 aliphatic carbocycles. The van der Waals surface area contributed by atoms with Crippen molar-refractivity contribution in [2.24, 2.45) is 11.8 Å². The van der Waals surface area contributed by atoms with E-state index < -0.39 is 0 Å². The fraction of sp³-hybridized carbons (Fsp3) is 0.467. The van der Waals surface area contributed by atoms with Crippen molar-refractivity contribution in [3.05, 3.63) is 48.0 Å². The van der Waals surface area contributed by atoms with Gasteiger partial charge in [-0.25, -0.2) is 0 Å². The zero-order valence-corrected chi connectivity index (χ0v) is 21.4. The van der Waals surface area contributed by atoms with Crippen LogP contribution >= 0.6 is 0 Å². The van der Waals surface area contributed by atoms with Crippen LogP contribution in [-0.2, 0) is 11.3 Å². The third-order valence-electron chi connectivity index (χ3n) is 7.70. The summed E-state index contributed by atoms with van der Waals surface area (Å²) in [5, 5.41) is 14.0. The van der Waals surface area contributed by atoms with Crippen LogP contribution in [0.1, 0.15) is 51.0 Å². The molecule has 0 bridgehead atoms. The SMILES string of the molecule is CCn1c(-c2ccc(NC(=O)C3CC3)cc2)c(C#N)c2ccc(OCCC3CCCN(C)CC3)cc21. The Kier molecular flexibility index (Phi) is 7.29. The minimum absolute atomic E-state index is 0.0991. The van der Waals surface area contributed by atoms with Crippen molar-refractivity contribution in [3.63, 3.8) is 0 Å². The number of rotatable bonds is 8. The van der Waals surface area contributed by atoms with Crippen molar-refractivity contribution in [2.45, 2.75) is 52.0 Å². The zero-order chi connectivity index (χ0) is 25.1. The third-order valence-corrected chi connectivity index (χ3v) is 7.70. The minimum atomic E-state index is 0.0991. The van der Waals surface area contributed by atoms with E-state index in [0.29, 0.717) is 5.56 Å². The number of hydrogen-bond acceptors (Lipinski definition) is 4. The van der Waals surface area contributed by atoms with E-state index in [9.17, 15) is 10.1 Å². The Morgan fingerprint density at radius 2 is 1.92 bits per heavy atom. The topological polar surface area (TPSA) is 70.3 Å². The highest BCUT2D eigenvalue weighted by molar-refractivity contribution is 5.96. The number of aromatic nitrogens is 1. The Balaban J connectivity index is 1.35. The van der Waals surface area contributed by atoms with E-state index in [1.165, 1.54) is 32.4 Å². The van der Waals surface area contributed by atoms with Crippen LogP contribution in [0.3, 0.4) is 0 Å². The van der Waals surface area contributed by atoms with E-state index in [2.05, 4.69) is 40.9 Å². The normalized spacial score (nSPS) is 18.5. The molecule has 1 aromatic heterocycles. The molecule has 2 heterocycles. The molecule has 1 aliphatic heterocycles. The molecule has 2 aliphatic rings. The third kappa shape index (κ3) is 5.27. The van der Waals surface area contributed by atoms with Crippen molar-refractivity contribution in [3.8, 4) is 23.1 Å². The summed E-state index contributed by atoms with van der Waals surface area (Å²) in [4.78, 5) is 14.5. The van der Waals surface area contributed by atoms with Gasteiger partial charge in [0, 0.05) is 29.6 Å². The summed E-state index contributed by atoms with van der Waals surface area (Å²) in [6.45, 7) is 5.94. The van der Waals surface area contributed by atoms with Gasteiger partial charge in [0.2, 0.25) is 5.91 Å². The molecule has 36 heavy (non-hydrogen) atoms. The molecule has 1 amide bonds. The van der Waals surface area contributed by atoms with E-state index in [-0.39, 0.29) is 11.8 Å². The van der Waals surface area contributed by atoms with Gasteiger partial charge in [0.25, 0.3) is 0 Å². The molecule has 5 rings (SSSR count). The fourth-order valence-corrected chi connectivity index (χ4v) is 5.40. The molecule has 0 radical (unpaired) electrons. The number of anilines is 1. The lowest BCUT2D eigenvalue weighted by Crippen LogP contribution is -2.19. The molecule has 0 spiro atoms. The summed E-state index contributed by atoms with van der Waals surface area (Å²) in [6, 6.07) is 16.4. The number of aryl methyl sites for hydroxylation is 1. The number of carbonyl (C=O) groups excluding carboxylic acids is 1. The molecule has 2 fully saturated rings. The number of ether oxygens (including phenoxy) is 1. The molecule has 1 atom stereocenters. The second-order valence-corrected chi connectivity index (χ2v) is 10.3. The monoisotopic (exact) mass is 484 g/mol. The van der Waals surface area contributed by atoms with Gasteiger partial charge < -0.3 is 19.5 Å². The number of nitrogens with one attached hydrogen (secondary N) is 1. The van der Waals surface area contributed by atoms with Crippen LogP contribution in [0.2, 0.25) is 0 Å². The summed E-state index contributed by atoms with van der Waals surface area (Å²) < 4.78 is 8.39. The van der Waals surface area contributed by atoms with Gasteiger partial charge in [0.1, 0.15) is 11.8 Å². The van der Waals surface area contributed by atoms with E-state index in [0.717, 1.165) is 71.9 Å². The second kappa shape index (κ2) is 10.8. The Labute approximate surface area is 213 Å². The van der Waals surface area contributed by atoms with Gasteiger partial charge in [-0.1, -0.05) is 12.1 Å². The number of benzene rings is 2. The van der Waals surface area contributed by atoms with Gasteiger partial charge in [0.05, 0.1) is 23.4 Å². The molecular formula is C30H36N4O2. The molecule has 1 N–H and O–H groups in total. The molecule has 1 saturated heterocycles. The molecule has 1 unspecified atom stereocenters. The number of hydrogen-bond donors (Lipinski definition) is 1. The molecule has 2 aromatic carbocycles. The summed E-state index contributed by atoms with van der Waals surface area (Å²) in [6.07, 6.45) is 6.84. The number of likely N-dealkylation sites (tertiary alicyclic amines) is 1. The highest BCUT2D eigenvalue weighted by atomic mass is 16.5. The lowest BCUT2D eigenvalue weighted by Gasteiger charge is -2.15. The van der Waals surface area contributed by atoms with Crippen molar-refractivity contribution in [1.82, 2.24) is 9.47 Å². The van der Waals surface area contributed by atoms with Crippen LogP contribution in [0.4, 0.5) is 5.69 Å². The highest BCUT2D eigenvalue weighted by Gasteiger charge is 2.29. The minimum Gasteiger partial charge on any atom is -0.494 e. The second-order valence-electron chi connectivity index (χ2n) is 10.3. The number of nitrogens with zero attached hydrogens (tertiary/aromatic N) is 3. The molecule has 6 heteroatoms. The molecule has 188 valence electrons. The summed E-state index contributed by atoms with van der Waals surface area (Å²) >= 11 is 0. The van der Waals surface area contributed by atoms with Crippen molar-refractivity contribution in [2.75, 3.05) is 32.1 Å². The van der Waals surface area contributed by atoms with Crippen LogP contribution in [0, 0.1) is 23.2 Å². The van der Waals surface area contributed by atoms with Crippen LogP contribution in [0.25, 0.3) is 22.2 Å². The van der Waals surface area contributed by atoms with Gasteiger partial charge in [0.15, 0.2) is 0 Å².